The highest BCUT2D eigenvalue weighted by Gasteiger charge is 2.09. The molecule has 1 heterocycles. The van der Waals surface area contributed by atoms with Gasteiger partial charge in [-0.15, -0.1) is 0 Å². The molecular weight excluding hydrogens is 322 g/mol. The number of halogens is 4. The number of phenols is 1. The van der Waals surface area contributed by atoms with Crippen LogP contribution in [0.1, 0.15) is 0 Å². The number of aromatic nitrogens is 3. The third-order valence-corrected chi connectivity index (χ3v) is 2.77. The highest BCUT2D eigenvalue weighted by molar-refractivity contribution is 6.37. The molecule has 0 aliphatic rings. The first-order valence-electron chi connectivity index (χ1n) is 4.48. The molecule has 0 saturated heterocycles. The van der Waals surface area contributed by atoms with Crippen molar-refractivity contribution in [3.63, 3.8) is 0 Å². The van der Waals surface area contributed by atoms with Gasteiger partial charge in [0, 0.05) is 5.69 Å². The Bertz CT molecular complexity index is 564. The minimum atomic E-state index is -0.199. The van der Waals surface area contributed by atoms with E-state index in [4.69, 9.17) is 46.4 Å². The number of nitrogens with zero attached hydrogens (tertiary/aromatic N) is 3. The van der Waals surface area contributed by atoms with Gasteiger partial charge in [0.15, 0.2) is 5.75 Å². The maximum atomic E-state index is 9.41. The van der Waals surface area contributed by atoms with Crippen LogP contribution in [-0.4, -0.2) is 20.1 Å². The molecule has 0 unspecified atom stereocenters. The molecular formula is C9H4Cl4N4O. The van der Waals surface area contributed by atoms with Crippen LogP contribution >= 0.6 is 46.4 Å². The van der Waals surface area contributed by atoms with Gasteiger partial charge in [-0.2, -0.15) is 15.0 Å². The van der Waals surface area contributed by atoms with Crippen LogP contribution in [0.5, 0.6) is 5.75 Å². The molecule has 0 saturated carbocycles. The molecule has 0 aliphatic carbocycles. The van der Waals surface area contributed by atoms with Gasteiger partial charge < -0.3 is 10.4 Å². The predicted molar refractivity (Wildman–Crippen MR) is 71.3 cm³/mol. The van der Waals surface area contributed by atoms with Gasteiger partial charge in [-0.1, -0.05) is 23.2 Å². The Hall–Kier alpha value is -1.01. The van der Waals surface area contributed by atoms with Gasteiger partial charge in [-0.25, -0.2) is 0 Å². The average Bonchev–Trinajstić information content (AvgIpc) is 2.24. The van der Waals surface area contributed by atoms with Gasteiger partial charge in [-0.3, -0.25) is 0 Å². The number of hydrogen-bond donors (Lipinski definition) is 2. The van der Waals surface area contributed by atoms with E-state index in [0.717, 1.165) is 0 Å². The van der Waals surface area contributed by atoms with Crippen molar-refractivity contribution >= 4 is 58.0 Å². The van der Waals surface area contributed by atoms with Crippen LogP contribution in [0, 0.1) is 0 Å². The summed E-state index contributed by atoms with van der Waals surface area (Å²) in [5.41, 5.74) is 0.473. The van der Waals surface area contributed by atoms with E-state index in [1.165, 1.54) is 12.1 Å². The molecule has 5 nitrogen and oxygen atoms in total. The standard InChI is InChI=1S/C9H4Cl4N4O/c10-4-1-3(2-5(11)6(4)18)14-9-16-7(12)15-8(13)17-9/h1-2,18H,(H,14,15,16,17). The third-order valence-electron chi connectivity index (χ3n) is 1.85. The minimum absolute atomic E-state index is 0.0477. The van der Waals surface area contributed by atoms with E-state index in [-0.39, 0.29) is 32.3 Å². The van der Waals surface area contributed by atoms with Crippen molar-refractivity contribution in [3.8, 4) is 5.75 Å². The Morgan fingerprint density at radius 3 is 1.89 bits per heavy atom. The zero-order chi connectivity index (χ0) is 13.3. The molecule has 2 aromatic rings. The van der Waals surface area contributed by atoms with Crippen molar-refractivity contribution in [2.45, 2.75) is 0 Å². The Kier molecular flexibility index (Phi) is 3.97. The van der Waals surface area contributed by atoms with Crippen molar-refractivity contribution in [1.82, 2.24) is 15.0 Å². The van der Waals surface area contributed by atoms with Crippen LogP contribution in [0.3, 0.4) is 0 Å². The van der Waals surface area contributed by atoms with E-state index in [0.29, 0.717) is 5.69 Å². The zero-order valence-electron chi connectivity index (χ0n) is 8.46. The summed E-state index contributed by atoms with van der Waals surface area (Å²) in [6.07, 6.45) is 0. The molecule has 0 spiro atoms. The lowest BCUT2D eigenvalue weighted by molar-refractivity contribution is 0.476. The van der Waals surface area contributed by atoms with Gasteiger partial charge in [0.25, 0.3) is 0 Å². The first kappa shape index (κ1) is 13.4. The topological polar surface area (TPSA) is 70.9 Å². The van der Waals surface area contributed by atoms with Crippen molar-refractivity contribution in [2.24, 2.45) is 0 Å². The van der Waals surface area contributed by atoms with Crippen LogP contribution in [0.15, 0.2) is 12.1 Å². The Morgan fingerprint density at radius 1 is 0.889 bits per heavy atom. The number of anilines is 2. The van der Waals surface area contributed by atoms with Crippen LogP contribution < -0.4 is 5.32 Å². The molecule has 0 radical (unpaired) electrons. The number of phenolic OH excluding ortho intramolecular Hbond substituents is 1. The molecule has 9 heteroatoms. The zero-order valence-corrected chi connectivity index (χ0v) is 11.5. The maximum absolute atomic E-state index is 9.41. The fourth-order valence-corrected chi connectivity index (χ4v) is 2.00. The molecule has 0 amide bonds. The van der Waals surface area contributed by atoms with Crippen LogP contribution in [-0.2, 0) is 0 Å². The lowest BCUT2D eigenvalue weighted by atomic mass is 10.3. The third kappa shape index (κ3) is 3.05. The minimum Gasteiger partial charge on any atom is -0.505 e. The Morgan fingerprint density at radius 2 is 1.39 bits per heavy atom. The van der Waals surface area contributed by atoms with E-state index in [2.05, 4.69) is 20.3 Å². The van der Waals surface area contributed by atoms with Gasteiger partial charge in [0.2, 0.25) is 16.5 Å². The second-order valence-electron chi connectivity index (χ2n) is 3.11. The largest absolute Gasteiger partial charge is 0.505 e. The molecule has 18 heavy (non-hydrogen) atoms. The molecule has 1 aromatic carbocycles. The molecule has 94 valence electrons. The molecule has 0 bridgehead atoms. The number of hydrogen-bond acceptors (Lipinski definition) is 5. The van der Waals surface area contributed by atoms with Crippen molar-refractivity contribution in [2.75, 3.05) is 5.32 Å². The van der Waals surface area contributed by atoms with Gasteiger partial charge >= 0.3 is 0 Å². The Labute approximate surface area is 122 Å². The molecule has 2 N–H and O–H groups in total. The second-order valence-corrected chi connectivity index (χ2v) is 4.60. The number of benzene rings is 1. The highest BCUT2D eigenvalue weighted by atomic mass is 35.5. The van der Waals surface area contributed by atoms with Gasteiger partial charge in [-0.05, 0) is 35.3 Å². The fraction of sp³-hybridized carbons (Fsp3) is 0. The highest BCUT2D eigenvalue weighted by Crippen LogP contribution is 2.35. The summed E-state index contributed by atoms with van der Waals surface area (Å²) >= 11 is 22.8. The molecule has 0 atom stereocenters. The predicted octanol–water partition coefficient (Wildman–Crippen LogP) is 3.93. The summed E-state index contributed by atoms with van der Waals surface area (Å²) in [6, 6.07) is 2.91. The van der Waals surface area contributed by atoms with Crippen LogP contribution in [0.25, 0.3) is 0 Å². The van der Waals surface area contributed by atoms with Crippen molar-refractivity contribution < 1.29 is 5.11 Å². The van der Waals surface area contributed by atoms with E-state index in [1.807, 2.05) is 0 Å². The van der Waals surface area contributed by atoms with E-state index >= 15 is 0 Å². The quantitative estimate of drug-likeness (QED) is 0.818. The molecule has 1 aromatic heterocycles. The summed E-state index contributed by atoms with van der Waals surface area (Å²) < 4.78 is 0. The van der Waals surface area contributed by atoms with E-state index in [9.17, 15) is 5.11 Å². The summed E-state index contributed by atoms with van der Waals surface area (Å²) in [5.74, 6) is -0.0617. The number of rotatable bonds is 2. The molecule has 2 rings (SSSR count). The normalized spacial score (nSPS) is 10.4. The fourth-order valence-electron chi connectivity index (χ4n) is 1.15. The van der Waals surface area contributed by atoms with E-state index < -0.39 is 0 Å². The first-order valence-corrected chi connectivity index (χ1v) is 5.99. The van der Waals surface area contributed by atoms with Crippen LogP contribution in [0.2, 0.25) is 20.6 Å². The summed E-state index contributed by atoms with van der Waals surface area (Å²) in [7, 11) is 0. The van der Waals surface area contributed by atoms with Gasteiger partial charge in [0.05, 0.1) is 10.0 Å². The van der Waals surface area contributed by atoms with Gasteiger partial charge in [0.1, 0.15) is 0 Å². The number of nitrogens with one attached hydrogen (secondary N) is 1. The lowest BCUT2D eigenvalue weighted by Gasteiger charge is -2.07. The Balaban J connectivity index is 2.34. The first-order chi connectivity index (χ1) is 8.45. The van der Waals surface area contributed by atoms with Crippen molar-refractivity contribution in [1.29, 1.82) is 0 Å². The number of aromatic hydroxyl groups is 1. The van der Waals surface area contributed by atoms with Crippen LogP contribution in [0.4, 0.5) is 11.6 Å². The molecule has 0 fully saturated rings. The van der Waals surface area contributed by atoms with E-state index in [1.54, 1.807) is 0 Å². The molecule has 0 aliphatic heterocycles. The summed E-state index contributed by atoms with van der Waals surface area (Å²) in [5, 5.41) is 12.3. The monoisotopic (exact) mass is 324 g/mol. The smallest absolute Gasteiger partial charge is 0.232 e. The van der Waals surface area contributed by atoms with Crippen molar-refractivity contribution in [3.05, 3.63) is 32.7 Å². The summed E-state index contributed by atoms with van der Waals surface area (Å²) in [6.45, 7) is 0. The average molecular weight is 326 g/mol. The lowest BCUT2D eigenvalue weighted by Crippen LogP contribution is -1.99. The maximum Gasteiger partial charge on any atom is 0.232 e. The SMILES string of the molecule is Oc1c(Cl)cc(Nc2nc(Cl)nc(Cl)n2)cc1Cl. The second kappa shape index (κ2) is 5.32. The summed E-state index contributed by atoms with van der Waals surface area (Å²) in [4.78, 5) is 11.2.